The van der Waals surface area contributed by atoms with E-state index in [0.29, 0.717) is 36.6 Å². The number of hydrogen-bond donors (Lipinski definition) is 2. The third kappa shape index (κ3) is 3.69. The van der Waals surface area contributed by atoms with E-state index < -0.39 is 0 Å². The van der Waals surface area contributed by atoms with Crippen LogP contribution in [0.1, 0.15) is 23.2 Å². The Bertz CT molecular complexity index is 990. The van der Waals surface area contributed by atoms with Crippen LogP contribution in [0.3, 0.4) is 0 Å². The van der Waals surface area contributed by atoms with Crippen LogP contribution in [-0.2, 0) is 0 Å². The van der Waals surface area contributed by atoms with E-state index in [4.69, 9.17) is 11.6 Å². The molecule has 1 aliphatic heterocycles. The molecule has 2 heterocycles. The van der Waals surface area contributed by atoms with Gasteiger partial charge >= 0.3 is 6.03 Å². The van der Waals surface area contributed by atoms with Gasteiger partial charge in [0.25, 0.3) is 0 Å². The number of halogens is 1. The molecule has 0 radical (unpaired) electrons. The van der Waals surface area contributed by atoms with Crippen molar-refractivity contribution in [3.63, 3.8) is 0 Å². The molecule has 1 aromatic heterocycles. The van der Waals surface area contributed by atoms with Gasteiger partial charge in [-0.1, -0.05) is 35.9 Å². The van der Waals surface area contributed by atoms with E-state index in [9.17, 15) is 9.59 Å². The molecule has 0 aliphatic carbocycles. The van der Waals surface area contributed by atoms with Gasteiger partial charge in [-0.25, -0.2) is 4.79 Å². The highest BCUT2D eigenvalue weighted by Gasteiger charge is 2.29. The molecule has 0 atom stereocenters. The Hall–Kier alpha value is -2.79. The average molecular weight is 382 g/mol. The summed E-state index contributed by atoms with van der Waals surface area (Å²) in [5, 5.41) is 4.40. The van der Waals surface area contributed by atoms with Crippen molar-refractivity contribution in [2.45, 2.75) is 12.8 Å². The molecule has 138 valence electrons. The lowest BCUT2D eigenvalue weighted by Crippen LogP contribution is -2.42. The number of nitrogens with one attached hydrogen (secondary N) is 2. The van der Waals surface area contributed by atoms with E-state index in [2.05, 4.69) is 10.3 Å². The topological polar surface area (TPSA) is 65.2 Å². The molecule has 0 saturated carbocycles. The predicted octanol–water partition coefficient (Wildman–Crippen LogP) is 4.95. The number of hydrogen-bond acceptors (Lipinski definition) is 2. The molecular weight excluding hydrogens is 362 g/mol. The average Bonchev–Trinajstić information content (AvgIpc) is 3.12. The molecule has 27 heavy (non-hydrogen) atoms. The van der Waals surface area contributed by atoms with Gasteiger partial charge in [0.1, 0.15) is 0 Å². The van der Waals surface area contributed by atoms with E-state index in [1.54, 1.807) is 35.4 Å². The number of para-hydroxylation sites is 1. The predicted molar refractivity (Wildman–Crippen MR) is 107 cm³/mol. The Labute approximate surface area is 162 Å². The summed E-state index contributed by atoms with van der Waals surface area (Å²) >= 11 is 5.95. The summed E-state index contributed by atoms with van der Waals surface area (Å²) in [6, 6.07) is 14.7. The summed E-state index contributed by atoms with van der Waals surface area (Å²) in [5.41, 5.74) is 2.39. The summed E-state index contributed by atoms with van der Waals surface area (Å²) in [6.07, 6.45) is 3.13. The molecule has 4 rings (SSSR count). The van der Waals surface area contributed by atoms with Gasteiger partial charge in [0.05, 0.1) is 0 Å². The number of Topliss-reactive ketones (excluding diaryl/α,β-unsaturated/α-hetero) is 1. The van der Waals surface area contributed by atoms with E-state index in [0.717, 1.165) is 16.5 Å². The molecule has 1 saturated heterocycles. The largest absolute Gasteiger partial charge is 0.360 e. The third-order valence-electron chi connectivity index (χ3n) is 5.08. The van der Waals surface area contributed by atoms with Gasteiger partial charge in [0.15, 0.2) is 5.78 Å². The van der Waals surface area contributed by atoms with Crippen molar-refractivity contribution in [1.29, 1.82) is 0 Å². The Morgan fingerprint density at radius 1 is 1.07 bits per heavy atom. The zero-order chi connectivity index (χ0) is 18.8. The standard InChI is InChI=1S/C21H20ClN3O2/c22-15-4-3-5-16(12-15)24-21(27)25-10-8-14(9-11-25)20(26)18-13-23-19-7-2-1-6-17(18)19/h1-7,12-14,23H,8-11H2,(H,24,27). The molecule has 3 aromatic rings. The second kappa shape index (κ2) is 7.45. The number of urea groups is 1. The quantitative estimate of drug-likeness (QED) is 0.630. The third-order valence-corrected chi connectivity index (χ3v) is 5.32. The van der Waals surface area contributed by atoms with Gasteiger partial charge in [-0.2, -0.15) is 0 Å². The molecule has 2 amide bonds. The number of aromatic amines is 1. The first kappa shape index (κ1) is 17.6. The van der Waals surface area contributed by atoms with E-state index >= 15 is 0 Å². The number of carbonyl (C=O) groups is 2. The first-order chi connectivity index (χ1) is 13.1. The fraction of sp³-hybridized carbons (Fsp3) is 0.238. The fourth-order valence-corrected chi connectivity index (χ4v) is 3.80. The van der Waals surface area contributed by atoms with Crippen LogP contribution in [0.15, 0.2) is 54.7 Å². The first-order valence-corrected chi connectivity index (χ1v) is 9.41. The van der Waals surface area contributed by atoms with Crippen LogP contribution in [0.4, 0.5) is 10.5 Å². The lowest BCUT2D eigenvalue weighted by molar-refractivity contribution is 0.0861. The molecule has 2 aromatic carbocycles. The Morgan fingerprint density at radius 2 is 1.85 bits per heavy atom. The number of rotatable bonds is 3. The summed E-state index contributed by atoms with van der Waals surface area (Å²) in [6.45, 7) is 1.12. The lowest BCUT2D eigenvalue weighted by atomic mass is 9.89. The number of H-pyrrole nitrogens is 1. The highest BCUT2D eigenvalue weighted by molar-refractivity contribution is 6.30. The molecular formula is C21H20ClN3O2. The van der Waals surface area contributed by atoms with Crippen molar-refractivity contribution in [2.75, 3.05) is 18.4 Å². The van der Waals surface area contributed by atoms with Crippen molar-refractivity contribution in [2.24, 2.45) is 5.92 Å². The molecule has 5 nitrogen and oxygen atoms in total. The maximum Gasteiger partial charge on any atom is 0.321 e. The lowest BCUT2D eigenvalue weighted by Gasteiger charge is -2.31. The number of piperidine rings is 1. The van der Waals surface area contributed by atoms with Crippen molar-refractivity contribution in [1.82, 2.24) is 9.88 Å². The van der Waals surface area contributed by atoms with Crippen molar-refractivity contribution < 1.29 is 9.59 Å². The molecule has 0 spiro atoms. The van der Waals surface area contributed by atoms with Crippen molar-refractivity contribution in [3.05, 3.63) is 65.3 Å². The Morgan fingerprint density at radius 3 is 2.63 bits per heavy atom. The number of anilines is 1. The maximum absolute atomic E-state index is 12.9. The van der Waals surface area contributed by atoms with Gasteiger partial charge in [0, 0.05) is 52.4 Å². The number of fused-ring (bicyclic) bond motifs is 1. The van der Waals surface area contributed by atoms with E-state index in [1.807, 2.05) is 24.3 Å². The van der Waals surface area contributed by atoms with E-state index in [1.165, 1.54) is 0 Å². The van der Waals surface area contributed by atoms with Gasteiger partial charge in [0.2, 0.25) is 0 Å². The van der Waals surface area contributed by atoms with Crippen LogP contribution < -0.4 is 5.32 Å². The first-order valence-electron chi connectivity index (χ1n) is 9.03. The summed E-state index contributed by atoms with van der Waals surface area (Å²) in [7, 11) is 0. The Kier molecular flexibility index (Phi) is 4.86. The second-order valence-electron chi connectivity index (χ2n) is 6.81. The number of likely N-dealkylation sites (tertiary alicyclic amines) is 1. The summed E-state index contributed by atoms with van der Waals surface area (Å²) in [5.74, 6) is 0.0989. The minimum absolute atomic E-state index is 0.0561. The molecule has 1 fully saturated rings. The highest BCUT2D eigenvalue weighted by atomic mass is 35.5. The number of carbonyl (C=O) groups excluding carboxylic acids is 2. The fourth-order valence-electron chi connectivity index (χ4n) is 3.61. The van der Waals surface area contributed by atoms with Crippen LogP contribution in [0, 0.1) is 5.92 Å². The normalized spacial score (nSPS) is 15.1. The van der Waals surface area contributed by atoms with Crippen LogP contribution >= 0.6 is 11.6 Å². The zero-order valence-electron chi connectivity index (χ0n) is 14.7. The monoisotopic (exact) mass is 381 g/mol. The van der Waals surface area contributed by atoms with Crippen LogP contribution in [-0.4, -0.2) is 34.8 Å². The SMILES string of the molecule is O=C(c1c[nH]c2ccccc12)C1CCN(C(=O)Nc2cccc(Cl)c2)CC1. The number of nitrogens with zero attached hydrogens (tertiary/aromatic N) is 1. The number of aromatic nitrogens is 1. The molecule has 1 aliphatic rings. The van der Waals surface area contributed by atoms with Crippen LogP contribution in [0.25, 0.3) is 10.9 Å². The zero-order valence-corrected chi connectivity index (χ0v) is 15.5. The molecule has 0 unspecified atom stereocenters. The van der Waals surface area contributed by atoms with Crippen molar-refractivity contribution >= 4 is 40.0 Å². The Balaban J connectivity index is 1.38. The van der Waals surface area contributed by atoms with Gasteiger partial charge < -0.3 is 15.2 Å². The smallest absolute Gasteiger partial charge is 0.321 e. The number of amides is 2. The molecule has 6 heteroatoms. The summed E-state index contributed by atoms with van der Waals surface area (Å²) < 4.78 is 0. The van der Waals surface area contributed by atoms with Crippen LogP contribution in [0.5, 0.6) is 0 Å². The molecule has 0 bridgehead atoms. The molecule has 2 N–H and O–H groups in total. The minimum Gasteiger partial charge on any atom is -0.360 e. The number of ketones is 1. The van der Waals surface area contributed by atoms with Gasteiger partial charge in [-0.05, 0) is 37.1 Å². The van der Waals surface area contributed by atoms with Gasteiger partial charge in [-0.15, -0.1) is 0 Å². The minimum atomic E-state index is -0.157. The van der Waals surface area contributed by atoms with Gasteiger partial charge in [-0.3, -0.25) is 4.79 Å². The second-order valence-corrected chi connectivity index (χ2v) is 7.25. The van der Waals surface area contributed by atoms with Crippen LogP contribution in [0.2, 0.25) is 5.02 Å². The van der Waals surface area contributed by atoms with Crippen molar-refractivity contribution in [3.8, 4) is 0 Å². The maximum atomic E-state index is 12.9. The highest BCUT2D eigenvalue weighted by Crippen LogP contribution is 2.26. The van der Waals surface area contributed by atoms with E-state index in [-0.39, 0.29) is 17.7 Å². The number of benzene rings is 2. The summed E-state index contributed by atoms with van der Waals surface area (Å²) in [4.78, 5) is 30.3.